The molecule has 0 spiro atoms. The lowest BCUT2D eigenvalue weighted by Gasteiger charge is -2.24. The average Bonchev–Trinajstić information content (AvgIpc) is 2.83. The number of ether oxygens (including phenoxy) is 2. The van der Waals surface area contributed by atoms with Crippen LogP contribution >= 0.6 is 0 Å². The molecule has 0 aliphatic heterocycles. The van der Waals surface area contributed by atoms with Crippen LogP contribution in [0, 0.1) is 6.92 Å². The fraction of sp³-hybridized carbons (Fsp3) is 0.174. The standard InChI is InChI=1S/C23H24N4O5S/c1-17-4-7-20(8-5-17)33(29,30)27(19-6-9-21(31-2)22(14-19)32-3)16-23(28)26-25-15-18-10-12-24-13-11-18/h4-15H,16H2,1-3H3,(H,26,28)/b25-15-. The molecule has 0 atom stereocenters. The van der Waals surface area contributed by atoms with Gasteiger partial charge in [0.1, 0.15) is 6.54 Å². The maximum atomic E-state index is 13.5. The van der Waals surface area contributed by atoms with Crippen LogP contribution in [0.1, 0.15) is 11.1 Å². The summed E-state index contributed by atoms with van der Waals surface area (Å²) >= 11 is 0. The van der Waals surface area contributed by atoms with Crippen molar-refractivity contribution in [3.63, 3.8) is 0 Å². The SMILES string of the molecule is COc1ccc(N(CC(=O)N/N=C\c2ccncc2)S(=O)(=O)c2ccc(C)cc2)cc1OC. The largest absolute Gasteiger partial charge is 0.493 e. The van der Waals surface area contributed by atoms with Crippen molar-refractivity contribution in [2.75, 3.05) is 25.1 Å². The van der Waals surface area contributed by atoms with Crippen LogP contribution in [0.25, 0.3) is 0 Å². The minimum atomic E-state index is -4.07. The zero-order valence-corrected chi connectivity index (χ0v) is 19.2. The number of pyridine rings is 1. The summed E-state index contributed by atoms with van der Waals surface area (Å²) in [5.74, 6) is 0.140. The van der Waals surface area contributed by atoms with E-state index in [4.69, 9.17) is 9.47 Å². The van der Waals surface area contributed by atoms with E-state index in [1.165, 1.54) is 38.6 Å². The van der Waals surface area contributed by atoms with E-state index in [0.29, 0.717) is 11.5 Å². The van der Waals surface area contributed by atoms with Crippen LogP contribution in [0.4, 0.5) is 5.69 Å². The first-order valence-electron chi connectivity index (χ1n) is 9.88. The van der Waals surface area contributed by atoms with Gasteiger partial charge >= 0.3 is 0 Å². The van der Waals surface area contributed by atoms with Crippen molar-refractivity contribution >= 4 is 27.8 Å². The molecule has 9 nitrogen and oxygen atoms in total. The number of amides is 1. The number of aromatic nitrogens is 1. The van der Waals surface area contributed by atoms with Crippen LogP contribution in [0.2, 0.25) is 0 Å². The molecule has 1 aromatic heterocycles. The van der Waals surface area contributed by atoms with Gasteiger partial charge in [0.25, 0.3) is 15.9 Å². The highest BCUT2D eigenvalue weighted by Crippen LogP contribution is 2.33. The number of carbonyl (C=O) groups is 1. The number of aryl methyl sites for hydroxylation is 1. The molecule has 1 heterocycles. The summed E-state index contributed by atoms with van der Waals surface area (Å²) in [5, 5.41) is 3.90. The van der Waals surface area contributed by atoms with E-state index in [1.807, 2.05) is 6.92 Å². The lowest BCUT2D eigenvalue weighted by molar-refractivity contribution is -0.119. The first-order valence-corrected chi connectivity index (χ1v) is 11.3. The Labute approximate surface area is 192 Å². The third kappa shape index (κ3) is 5.86. The molecule has 0 aliphatic rings. The molecule has 2 aromatic carbocycles. The number of hydrazone groups is 1. The van der Waals surface area contributed by atoms with E-state index in [9.17, 15) is 13.2 Å². The Hall–Kier alpha value is -3.92. The molecule has 0 saturated carbocycles. The number of sulfonamides is 1. The Morgan fingerprint density at radius 3 is 2.33 bits per heavy atom. The number of carbonyl (C=O) groups excluding carboxylic acids is 1. The van der Waals surface area contributed by atoms with Gasteiger partial charge in [0, 0.05) is 18.5 Å². The predicted molar refractivity (Wildman–Crippen MR) is 125 cm³/mol. The number of methoxy groups -OCH3 is 2. The van der Waals surface area contributed by atoms with Crippen molar-refractivity contribution < 1.29 is 22.7 Å². The van der Waals surface area contributed by atoms with Crippen molar-refractivity contribution in [2.45, 2.75) is 11.8 Å². The Kier molecular flexibility index (Phi) is 7.62. The summed E-state index contributed by atoms with van der Waals surface area (Å²) in [4.78, 5) is 16.6. The molecule has 0 fully saturated rings. The Morgan fingerprint density at radius 1 is 1.03 bits per heavy atom. The van der Waals surface area contributed by atoms with Crippen LogP contribution in [0.5, 0.6) is 11.5 Å². The summed E-state index contributed by atoms with van der Waals surface area (Å²) in [6.45, 7) is 1.36. The van der Waals surface area contributed by atoms with Crippen molar-refractivity contribution in [1.29, 1.82) is 0 Å². The maximum absolute atomic E-state index is 13.5. The number of rotatable bonds is 9. The number of hydrogen-bond donors (Lipinski definition) is 1. The lowest BCUT2D eigenvalue weighted by atomic mass is 10.2. The number of anilines is 1. The van der Waals surface area contributed by atoms with Gasteiger partial charge in [-0.1, -0.05) is 17.7 Å². The van der Waals surface area contributed by atoms with Crippen molar-refractivity contribution in [3.05, 3.63) is 78.1 Å². The second kappa shape index (κ2) is 10.6. The minimum Gasteiger partial charge on any atom is -0.493 e. The van der Waals surface area contributed by atoms with Gasteiger partial charge in [-0.2, -0.15) is 5.10 Å². The number of benzene rings is 2. The normalized spacial score (nSPS) is 11.2. The molecule has 10 heteroatoms. The fourth-order valence-electron chi connectivity index (χ4n) is 2.93. The van der Waals surface area contributed by atoms with Gasteiger partial charge in [0.2, 0.25) is 0 Å². The third-order valence-electron chi connectivity index (χ3n) is 4.66. The molecule has 3 aromatic rings. The van der Waals surface area contributed by atoms with Crippen LogP contribution in [-0.4, -0.2) is 46.3 Å². The zero-order chi connectivity index (χ0) is 23.8. The number of nitrogens with zero attached hydrogens (tertiary/aromatic N) is 3. The summed E-state index contributed by atoms with van der Waals surface area (Å²) in [5.41, 5.74) is 4.24. The van der Waals surface area contributed by atoms with Crippen molar-refractivity contribution in [1.82, 2.24) is 10.4 Å². The van der Waals surface area contributed by atoms with E-state index in [2.05, 4.69) is 15.5 Å². The van der Waals surface area contributed by atoms with Crippen molar-refractivity contribution in [2.24, 2.45) is 5.10 Å². The lowest BCUT2D eigenvalue weighted by Crippen LogP contribution is -2.39. The molecular formula is C23H24N4O5S. The van der Waals surface area contributed by atoms with Gasteiger partial charge in [-0.25, -0.2) is 13.8 Å². The fourth-order valence-corrected chi connectivity index (χ4v) is 4.34. The maximum Gasteiger partial charge on any atom is 0.264 e. The molecule has 0 aliphatic carbocycles. The summed E-state index contributed by atoms with van der Waals surface area (Å²) < 4.78 is 38.5. The van der Waals surface area contributed by atoms with Gasteiger partial charge < -0.3 is 9.47 Å². The molecule has 3 rings (SSSR count). The van der Waals surface area contributed by atoms with E-state index >= 15 is 0 Å². The Bertz CT molecular complexity index is 1230. The highest BCUT2D eigenvalue weighted by atomic mass is 32.2. The highest BCUT2D eigenvalue weighted by Gasteiger charge is 2.28. The van der Waals surface area contributed by atoms with E-state index < -0.39 is 22.5 Å². The van der Waals surface area contributed by atoms with Crippen LogP contribution in [0.3, 0.4) is 0 Å². The quantitative estimate of drug-likeness (QED) is 0.382. The third-order valence-corrected chi connectivity index (χ3v) is 6.45. The van der Waals surface area contributed by atoms with Gasteiger partial charge in [0.15, 0.2) is 11.5 Å². The molecule has 0 bridgehead atoms. The smallest absolute Gasteiger partial charge is 0.264 e. The van der Waals surface area contributed by atoms with Gasteiger partial charge in [0.05, 0.1) is 31.0 Å². The van der Waals surface area contributed by atoms with Crippen LogP contribution < -0.4 is 19.2 Å². The van der Waals surface area contributed by atoms with Crippen LogP contribution in [0.15, 0.2) is 77.0 Å². The molecule has 0 unspecified atom stereocenters. The monoisotopic (exact) mass is 468 g/mol. The Morgan fingerprint density at radius 2 is 1.70 bits per heavy atom. The molecule has 172 valence electrons. The second-order valence-electron chi connectivity index (χ2n) is 6.94. The predicted octanol–water partition coefficient (Wildman–Crippen LogP) is 2.75. The zero-order valence-electron chi connectivity index (χ0n) is 18.4. The highest BCUT2D eigenvalue weighted by molar-refractivity contribution is 7.92. The second-order valence-corrected chi connectivity index (χ2v) is 8.80. The van der Waals surface area contributed by atoms with Crippen molar-refractivity contribution in [3.8, 4) is 11.5 Å². The van der Waals surface area contributed by atoms with E-state index in [-0.39, 0.29) is 10.6 Å². The average molecular weight is 469 g/mol. The van der Waals surface area contributed by atoms with Crippen LogP contribution in [-0.2, 0) is 14.8 Å². The summed E-state index contributed by atoms with van der Waals surface area (Å²) in [6, 6.07) is 14.4. The van der Waals surface area contributed by atoms with E-state index in [1.54, 1.807) is 48.8 Å². The molecule has 33 heavy (non-hydrogen) atoms. The number of nitrogens with one attached hydrogen (secondary N) is 1. The van der Waals surface area contributed by atoms with Gasteiger partial charge in [-0.3, -0.25) is 14.1 Å². The Balaban J connectivity index is 1.92. The first-order chi connectivity index (χ1) is 15.8. The number of hydrogen-bond acceptors (Lipinski definition) is 7. The van der Waals surface area contributed by atoms with Gasteiger partial charge in [-0.05, 0) is 48.9 Å². The molecular weight excluding hydrogens is 444 g/mol. The minimum absolute atomic E-state index is 0.0518. The first kappa shape index (κ1) is 23.7. The molecule has 1 amide bonds. The molecule has 1 N–H and O–H groups in total. The van der Waals surface area contributed by atoms with E-state index in [0.717, 1.165) is 15.4 Å². The summed E-state index contributed by atoms with van der Waals surface area (Å²) in [7, 11) is -1.15. The molecule has 0 saturated heterocycles. The van der Waals surface area contributed by atoms with Gasteiger partial charge in [-0.15, -0.1) is 0 Å². The topological polar surface area (TPSA) is 110 Å². The summed E-state index contributed by atoms with van der Waals surface area (Å²) in [6.07, 6.45) is 4.63. The molecule has 0 radical (unpaired) electrons.